The molecule has 1 aliphatic heterocycles. The van der Waals surface area contributed by atoms with Crippen molar-refractivity contribution in [3.63, 3.8) is 0 Å². The Morgan fingerprint density at radius 3 is 2.35 bits per heavy atom. The zero-order valence-electron chi connectivity index (χ0n) is 11.0. The van der Waals surface area contributed by atoms with Gasteiger partial charge in [0.1, 0.15) is 0 Å². The fraction of sp³-hybridized carbons (Fsp3) is 0.167. The first kappa shape index (κ1) is 14.1. The van der Waals surface area contributed by atoms with E-state index in [9.17, 15) is 13.2 Å². The van der Waals surface area contributed by atoms with Crippen LogP contribution in [-0.2, 0) is 9.84 Å². The van der Waals surface area contributed by atoms with Gasteiger partial charge in [-0.25, -0.2) is 8.42 Å². The third-order valence-corrected chi connectivity index (χ3v) is 5.09. The van der Waals surface area contributed by atoms with Gasteiger partial charge in [-0.3, -0.25) is 4.79 Å². The Bertz CT molecular complexity index is 787. The van der Waals surface area contributed by atoms with Crippen molar-refractivity contribution in [2.45, 2.75) is 18.7 Å². The molecule has 8 heteroatoms. The molecule has 1 amide bonds. The summed E-state index contributed by atoms with van der Waals surface area (Å²) >= 11 is 0. The summed E-state index contributed by atoms with van der Waals surface area (Å²) < 4.78 is 24.3. The van der Waals surface area contributed by atoms with E-state index in [0.29, 0.717) is 11.1 Å². The monoisotopic (exact) mass is 294 g/mol. The van der Waals surface area contributed by atoms with E-state index in [0.717, 1.165) is 0 Å². The summed E-state index contributed by atoms with van der Waals surface area (Å²) in [7, 11) is -3.64. The summed E-state index contributed by atoms with van der Waals surface area (Å²) in [6, 6.07) is 2.81. The molecule has 1 aromatic rings. The van der Waals surface area contributed by atoms with Crippen molar-refractivity contribution in [2.24, 2.45) is 22.2 Å². The number of hydrogen-bond donors (Lipinski definition) is 3. The van der Waals surface area contributed by atoms with Gasteiger partial charge < -0.3 is 17.2 Å². The molecular weight excluding hydrogens is 280 g/mol. The van der Waals surface area contributed by atoms with Gasteiger partial charge in [0.05, 0.1) is 15.5 Å². The standard InChI is InChI=1S/C12H14N4O3S/c1-5-3-8-9(20(18,19)6(2)10(8)13)4-7(5)11(17)16-12(14)15/h3-4H,13H2,1-2H3,(H4,14,15,16,17). The molecule has 2 rings (SSSR count). The largest absolute Gasteiger partial charge is 0.397 e. The van der Waals surface area contributed by atoms with Gasteiger partial charge in [-0.15, -0.1) is 0 Å². The summed E-state index contributed by atoms with van der Waals surface area (Å²) in [5, 5.41) is 0. The van der Waals surface area contributed by atoms with Crippen molar-refractivity contribution in [3.05, 3.63) is 33.7 Å². The number of benzene rings is 1. The lowest BCUT2D eigenvalue weighted by Crippen LogP contribution is -2.24. The van der Waals surface area contributed by atoms with Gasteiger partial charge >= 0.3 is 0 Å². The molecule has 0 unspecified atom stereocenters. The van der Waals surface area contributed by atoms with E-state index in [4.69, 9.17) is 17.2 Å². The maximum absolute atomic E-state index is 12.2. The van der Waals surface area contributed by atoms with E-state index in [1.54, 1.807) is 13.0 Å². The predicted octanol–water partition coefficient (Wildman–Crippen LogP) is -0.157. The van der Waals surface area contributed by atoms with E-state index in [2.05, 4.69) is 4.99 Å². The molecule has 106 valence electrons. The number of sulfone groups is 1. The fourth-order valence-corrected chi connectivity index (χ4v) is 3.49. The second-order valence-electron chi connectivity index (χ2n) is 4.48. The van der Waals surface area contributed by atoms with Crippen LogP contribution in [0.15, 0.2) is 26.9 Å². The highest BCUT2D eigenvalue weighted by atomic mass is 32.2. The molecule has 1 aromatic carbocycles. The highest BCUT2D eigenvalue weighted by Crippen LogP contribution is 2.37. The number of nitrogens with zero attached hydrogens (tertiary/aromatic N) is 1. The number of aryl methyl sites for hydroxylation is 1. The van der Waals surface area contributed by atoms with Gasteiger partial charge in [-0.2, -0.15) is 4.99 Å². The minimum Gasteiger partial charge on any atom is -0.397 e. The highest BCUT2D eigenvalue weighted by Gasteiger charge is 2.33. The van der Waals surface area contributed by atoms with Gasteiger partial charge in [0.15, 0.2) is 5.96 Å². The average Bonchev–Trinajstić information content (AvgIpc) is 2.49. The Balaban J connectivity index is 2.70. The molecule has 0 atom stereocenters. The van der Waals surface area contributed by atoms with Crippen LogP contribution in [0.3, 0.4) is 0 Å². The smallest absolute Gasteiger partial charge is 0.280 e. The van der Waals surface area contributed by atoms with Crippen molar-refractivity contribution in [2.75, 3.05) is 0 Å². The van der Waals surface area contributed by atoms with Crippen LogP contribution in [0, 0.1) is 6.92 Å². The predicted molar refractivity (Wildman–Crippen MR) is 75.3 cm³/mol. The number of aliphatic imine (C=N–C) groups is 1. The lowest BCUT2D eigenvalue weighted by molar-refractivity contribution is 0.100. The molecule has 0 spiro atoms. The van der Waals surface area contributed by atoms with Crippen LogP contribution in [0.25, 0.3) is 5.70 Å². The van der Waals surface area contributed by atoms with Gasteiger partial charge in [0.2, 0.25) is 9.84 Å². The topological polar surface area (TPSA) is 142 Å². The molecule has 20 heavy (non-hydrogen) atoms. The maximum atomic E-state index is 12.2. The second-order valence-corrected chi connectivity index (χ2v) is 6.54. The summed E-state index contributed by atoms with van der Waals surface area (Å²) in [5.41, 5.74) is 17.4. The lowest BCUT2D eigenvalue weighted by atomic mass is 10.0. The van der Waals surface area contributed by atoms with Crippen molar-refractivity contribution in [3.8, 4) is 0 Å². The van der Waals surface area contributed by atoms with Crippen LogP contribution in [0.2, 0.25) is 0 Å². The molecule has 7 nitrogen and oxygen atoms in total. The number of nitrogens with two attached hydrogens (primary N) is 3. The van der Waals surface area contributed by atoms with Crippen LogP contribution < -0.4 is 17.2 Å². The molecule has 0 saturated heterocycles. The number of hydrogen-bond acceptors (Lipinski definition) is 4. The molecule has 0 bridgehead atoms. The fourth-order valence-electron chi connectivity index (χ4n) is 2.03. The van der Waals surface area contributed by atoms with Gasteiger partial charge in [-0.1, -0.05) is 0 Å². The third kappa shape index (κ3) is 1.94. The Morgan fingerprint density at radius 1 is 1.20 bits per heavy atom. The minimum atomic E-state index is -3.64. The number of carbonyl (C=O) groups is 1. The zero-order chi connectivity index (χ0) is 15.2. The zero-order valence-corrected chi connectivity index (χ0v) is 11.8. The number of allylic oxidation sites excluding steroid dienone is 1. The van der Waals surface area contributed by atoms with E-state index >= 15 is 0 Å². The molecule has 0 fully saturated rings. The Morgan fingerprint density at radius 2 is 1.80 bits per heavy atom. The first-order chi connectivity index (χ1) is 9.16. The Kier molecular flexibility index (Phi) is 3.05. The molecule has 1 aliphatic rings. The van der Waals surface area contributed by atoms with Crippen LogP contribution in [0.1, 0.15) is 28.4 Å². The summed E-state index contributed by atoms with van der Waals surface area (Å²) in [5.74, 6) is -1.07. The number of fused-ring (bicyclic) bond motifs is 1. The summed E-state index contributed by atoms with van der Waals surface area (Å²) in [6.45, 7) is 3.08. The quantitative estimate of drug-likeness (QED) is 0.485. The SMILES string of the molecule is CC1=C(N)c2cc(C)c(C(=O)N=C(N)N)cc2S1(=O)=O. The van der Waals surface area contributed by atoms with Gasteiger partial charge in [0, 0.05) is 11.1 Å². The van der Waals surface area contributed by atoms with Crippen LogP contribution >= 0.6 is 0 Å². The van der Waals surface area contributed by atoms with Crippen LogP contribution in [0.4, 0.5) is 0 Å². The molecule has 0 saturated carbocycles. The minimum absolute atomic E-state index is 0.00671. The van der Waals surface area contributed by atoms with Gasteiger partial charge in [-0.05, 0) is 31.5 Å². The normalized spacial score (nSPS) is 15.9. The van der Waals surface area contributed by atoms with Crippen molar-refractivity contribution < 1.29 is 13.2 Å². The number of guanidine groups is 1. The van der Waals surface area contributed by atoms with Crippen molar-refractivity contribution in [1.29, 1.82) is 0 Å². The lowest BCUT2D eigenvalue weighted by Gasteiger charge is -2.07. The summed E-state index contributed by atoms with van der Waals surface area (Å²) in [4.78, 5) is 15.4. The van der Waals surface area contributed by atoms with Gasteiger partial charge in [0.25, 0.3) is 5.91 Å². The molecular formula is C12H14N4O3S. The van der Waals surface area contributed by atoms with Crippen molar-refractivity contribution in [1.82, 2.24) is 0 Å². The van der Waals surface area contributed by atoms with Crippen LogP contribution in [0.5, 0.6) is 0 Å². The maximum Gasteiger partial charge on any atom is 0.280 e. The van der Waals surface area contributed by atoms with E-state index < -0.39 is 15.7 Å². The molecule has 1 heterocycles. The molecule has 6 N–H and O–H groups in total. The molecule has 0 radical (unpaired) electrons. The summed E-state index contributed by atoms with van der Waals surface area (Å²) in [6.07, 6.45) is 0. The molecule has 0 aliphatic carbocycles. The van der Waals surface area contributed by atoms with E-state index in [-0.39, 0.29) is 27.0 Å². The average molecular weight is 294 g/mol. The van der Waals surface area contributed by atoms with Crippen LogP contribution in [-0.4, -0.2) is 20.3 Å². The third-order valence-electron chi connectivity index (χ3n) is 3.15. The van der Waals surface area contributed by atoms with E-state index in [1.165, 1.54) is 13.0 Å². The van der Waals surface area contributed by atoms with E-state index in [1.807, 2.05) is 0 Å². The number of carbonyl (C=O) groups excluding carboxylic acids is 1. The first-order valence-corrected chi connectivity index (χ1v) is 7.15. The Hall–Kier alpha value is -2.35. The Labute approximate surface area is 116 Å². The molecule has 0 aromatic heterocycles. The number of rotatable bonds is 1. The highest BCUT2D eigenvalue weighted by molar-refractivity contribution is 7.95. The van der Waals surface area contributed by atoms with Crippen molar-refractivity contribution >= 4 is 27.4 Å². The number of amides is 1. The first-order valence-electron chi connectivity index (χ1n) is 5.66. The second kappa shape index (κ2) is 4.34.